The van der Waals surface area contributed by atoms with Crippen LogP contribution < -0.4 is 16.0 Å². The number of nitrogens with one attached hydrogen (secondary N) is 3. The minimum absolute atomic E-state index is 0.113. The summed E-state index contributed by atoms with van der Waals surface area (Å²) in [4.78, 5) is 36.5. The second-order valence-corrected chi connectivity index (χ2v) is 7.11. The van der Waals surface area contributed by atoms with Gasteiger partial charge in [-0.1, -0.05) is 43.3 Å². The van der Waals surface area contributed by atoms with Gasteiger partial charge in [0.1, 0.15) is 0 Å². The summed E-state index contributed by atoms with van der Waals surface area (Å²) in [6, 6.07) is 21.5. The van der Waals surface area contributed by atoms with Crippen LogP contribution in [0.4, 0.5) is 11.4 Å². The molecule has 3 N–H and O–H groups in total. The molecule has 0 aromatic heterocycles. The molecule has 158 valence electrons. The highest BCUT2D eigenvalue weighted by Crippen LogP contribution is 2.19. The molecule has 0 aliphatic heterocycles. The summed E-state index contributed by atoms with van der Waals surface area (Å²) in [6.07, 6.45) is 0.928. The fraction of sp³-hybridized carbons (Fsp3) is 0.160. The molecule has 0 atom stereocenters. The normalized spacial score (nSPS) is 10.3. The monoisotopic (exact) mass is 415 g/mol. The third-order valence-electron chi connectivity index (χ3n) is 4.80. The van der Waals surface area contributed by atoms with Crippen LogP contribution in [0.25, 0.3) is 0 Å². The van der Waals surface area contributed by atoms with E-state index in [1.54, 1.807) is 48.5 Å². The predicted octanol–water partition coefficient (Wildman–Crippen LogP) is 4.39. The Balaban J connectivity index is 1.70. The molecule has 0 saturated heterocycles. The van der Waals surface area contributed by atoms with Crippen LogP contribution in [0.5, 0.6) is 0 Å². The first kappa shape index (κ1) is 21.8. The van der Waals surface area contributed by atoms with E-state index in [2.05, 4.69) is 22.9 Å². The summed E-state index contributed by atoms with van der Waals surface area (Å²) < 4.78 is 0. The first-order valence-electron chi connectivity index (χ1n) is 10.1. The molecule has 0 radical (unpaired) electrons. The van der Waals surface area contributed by atoms with E-state index in [9.17, 15) is 14.4 Å². The van der Waals surface area contributed by atoms with Crippen LogP contribution in [0.2, 0.25) is 0 Å². The lowest BCUT2D eigenvalue weighted by Gasteiger charge is -2.12. The summed E-state index contributed by atoms with van der Waals surface area (Å²) in [7, 11) is 0. The number of benzene rings is 3. The largest absolute Gasteiger partial charge is 0.352 e. The average molecular weight is 415 g/mol. The summed E-state index contributed by atoms with van der Waals surface area (Å²) >= 11 is 0. The molecular weight excluding hydrogens is 390 g/mol. The SMILES string of the molecule is CCc1ccc(NC(=O)c2ccccc2NC(=O)c2ccc(CNC(C)=O)cc2)cc1. The second kappa shape index (κ2) is 10.2. The predicted molar refractivity (Wildman–Crippen MR) is 122 cm³/mol. The lowest BCUT2D eigenvalue weighted by Crippen LogP contribution is -2.19. The van der Waals surface area contributed by atoms with Gasteiger partial charge in [0.15, 0.2) is 0 Å². The molecule has 0 spiro atoms. The van der Waals surface area contributed by atoms with Gasteiger partial charge in [-0.2, -0.15) is 0 Å². The molecule has 6 nitrogen and oxygen atoms in total. The van der Waals surface area contributed by atoms with Crippen molar-refractivity contribution in [1.29, 1.82) is 0 Å². The number of carbonyl (C=O) groups is 3. The van der Waals surface area contributed by atoms with Gasteiger partial charge in [0.25, 0.3) is 11.8 Å². The Kier molecular flexibility index (Phi) is 7.17. The van der Waals surface area contributed by atoms with E-state index in [-0.39, 0.29) is 17.7 Å². The summed E-state index contributed by atoms with van der Waals surface area (Å²) in [6.45, 7) is 3.93. The van der Waals surface area contributed by atoms with Crippen molar-refractivity contribution in [3.8, 4) is 0 Å². The number of carbonyl (C=O) groups excluding carboxylic acids is 3. The Labute approximate surface area is 181 Å². The quantitative estimate of drug-likeness (QED) is 0.535. The van der Waals surface area contributed by atoms with Crippen molar-refractivity contribution in [2.75, 3.05) is 10.6 Å². The molecule has 0 aliphatic rings. The van der Waals surface area contributed by atoms with Crippen molar-refractivity contribution in [3.05, 3.63) is 95.1 Å². The standard InChI is InChI=1S/C25H25N3O3/c1-3-18-10-14-21(15-11-18)27-25(31)22-6-4-5-7-23(22)28-24(30)20-12-8-19(9-13-20)16-26-17(2)29/h4-15H,3,16H2,1-2H3,(H,26,29)(H,27,31)(H,28,30). The van der Waals surface area contributed by atoms with Gasteiger partial charge in [0.2, 0.25) is 5.91 Å². The number of aryl methyl sites for hydroxylation is 1. The van der Waals surface area contributed by atoms with E-state index in [1.807, 2.05) is 24.3 Å². The Morgan fingerprint density at radius 3 is 2.03 bits per heavy atom. The lowest BCUT2D eigenvalue weighted by molar-refractivity contribution is -0.119. The summed E-state index contributed by atoms with van der Waals surface area (Å²) in [5, 5.41) is 8.39. The number of para-hydroxylation sites is 1. The maximum absolute atomic E-state index is 12.8. The van der Waals surface area contributed by atoms with Gasteiger partial charge in [-0.25, -0.2) is 0 Å². The molecule has 0 fully saturated rings. The zero-order valence-electron chi connectivity index (χ0n) is 17.6. The molecule has 3 rings (SSSR count). The van der Waals surface area contributed by atoms with Crippen LogP contribution in [0, 0.1) is 0 Å². The third kappa shape index (κ3) is 6.02. The molecular formula is C25H25N3O3. The average Bonchev–Trinajstić information content (AvgIpc) is 2.78. The molecule has 0 bridgehead atoms. The molecule has 0 saturated carbocycles. The molecule has 0 unspecified atom stereocenters. The van der Waals surface area contributed by atoms with E-state index < -0.39 is 0 Å². The van der Waals surface area contributed by atoms with Crippen LogP contribution >= 0.6 is 0 Å². The van der Waals surface area contributed by atoms with Crippen molar-refractivity contribution >= 4 is 29.1 Å². The van der Waals surface area contributed by atoms with E-state index in [4.69, 9.17) is 0 Å². The van der Waals surface area contributed by atoms with Gasteiger partial charge in [-0.15, -0.1) is 0 Å². The highest BCUT2D eigenvalue weighted by molar-refractivity contribution is 6.12. The highest BCUT2D eigenvalue weighted by atomic mass is 16.2. The molecule has 0 heterocycles. The van der Waals surface area contributed by atoms with E-state index in [0.29, 0.717) is 29.0 Å². The Bertz CT molecular complexity index is 1070. The van der Waals surface area contributed by atoms with Crippen LogP contribution in [0.15, 0.2) is 72.8 Å². The Morgan fingerprint density at radius 2 is 1.39 bits per heavy atom. The van der Waals surface area contributed by atoms with E-state index in [0.717, 1.165) is 12.0 Å². The van der Waals surface area contributed by atoms with Crippen molar-refractivity contribution in [1.82, 2.24) is 5.32 Å². The third-order valence-corrected chi connectivity index (χ3v) is 4.80. The zero-order chi connectivity index (χ0) is 22.2. The van der Waals surface area contributed by atoms with Gasteiger partial charge in [0.05, 0.1) is 11.3 Å². The number of amides is 3. The van der Waals surface area contributed by atoms with Gasteiger partial charge < -0.3 is 16.0 Å². The lowest BCUT2D eigenvalue weighted by atomic mass is 10.1. The van der Waals surface area contributed by atoms with Gasteiger partial charge in [-0.3, -0.25) is 14.4 Å². The first-order valence-corrected chi connectivity index (χ1v) is 10.1. The number of rotatable bonds is 7. The van der Waals surface area contributed by atoms with Gasteiger partial charge in [0, 0.05) is 24.7 Å². The fourth-order valence-corrected chi connectivity index (χ4v) is 3.01. The maximum Gasteiger partial charge on any atom is 0.257 e. The molecule has 3 amide bonds. The van der Waals surface area contributed by atoms with Crippen molar-refractivity contribution in [2.24, 2.45) is 0 Å². The fourth-order valence-electron chi connectivity index (χ4n) is 3.01. The van der Waals surface area contributed by atoms with Gasteiger partial charge >= 0.3 is 0 Å². The summed E-state index contributed by atoms with van der Waals surface area (Å²) in [5.74, 6) is -0.734. The number of anilines is 2. The minimum atomic E-state index is -0.321. The molecule has 31 heavy (non-hydrogen) atoms. The van der Waals surface area contributed by atoms with Crippen molar-refractivity contribution < 1.29 is 14.4 Å². The van der Waals surface area contributed by atoms with Crippen LogP contribution in [0.3, 0.4) is 0 Å². The molecule has 0 aliphatic carbocycles. The topological polar surface area (TPSA) is 87.3 Å². The zero-order valence-corrected chi connectivity index (χ0v) is 17.6. The first-order chi connectivity index (χ1) is 15.0. The molecule has 3 aromatic carbocycles. The van der Waals surface area contributed by atoms with Crippen molar-refractivity contribution in [3.63, 3.8) is 0 Å². The Hall–Kier alpha value is -3.93. The van der Waals surface area contributed by atoms with Crippen LogP contribution in [-0.4, -0.2) is 17.7 Å². The minimum Gasteiger partial charge on any atom is -0.352 e. The maximum atomic E-state index is 12.8. The molecule has 3 aromatic rings. The number of hydrogen-bond donors (Lipinski definition) is 3. The number of hydrogen-bond acceptors (Lipinski definition) is 3. The second-order valence-electron chi connectivity index (χ2n) is 7.11. The summed E-state index contributed by atoms with van der Waals surface area (Å²) in [5.41, 5.74) is 4.03. The highest BCUT2D eigenvalue weighted by Gasteiger charge is 2.14. The van der Waals surface area contributed by atoms with Crippen LogP contribution in [0.1, 0.15) is 45.7 Å². The van der Waals surface area contributed by atoms with Crippen molar-refractivity contribution in [2.45, 2.75) is 26.8 Å². The van der Waals surface area contributed by atoms with E-state index in [1.165, 1.54) is 12.5 Å². The van der Waals surface area contributed by atoms with E-state index >= 15 is 0 Å². The smallest absolute Gasteiger partial charge is 0.257 e. The Morgan fingerprint density at radius 1 is 0.742 bits per heavy atom. The molecule has 6 heteroatoms. The van der Waals surface area contributed by atoms with Crippen LogP contribution in [-0.2, 0) is 17.8 Å². The van der Waals surface area contributed by atoms with Gasteiger partial charge in [-0.05, 0) is 53.9 Å².